The molecule has 1 aliphatic rings. The van der Waals surface area contributed by atoms with E-state index in [0.717, 1.165) is 22.6 Å². The lowest BCUT2D eigenvalue weighted by Gasteiger charge is -2.26. The molecule has 2 nitrogen and oxygen atoms in total. The lowest BCUT2D eigenvalue weighted by molar-refractivity contribution is 0.663. The predicted octanol–water partition coefficient (Wildman–Crippen LogP) is 13.9. The topological polar surface area (TPSA) is 8.17 Å². The Morgan fingerprint density at radius 2 is 1.09 bits per heavy atom. The number of fused-ring (bicyclic) bond motifs is 8. The van der Waals surface area contributed by atoms with E-state index in [-0.39, 0.29) is 5.41 Å². The number of hydrogen-bond donors (Lipinski definition) is 0. The summed E-state index contributed by atoms with van der Waals surface area (Å²) >= 11 is 0. The van der Waals surface area contributed by atoms with Crippen molar-refractivity contribution in [3.63, 3.8) is 0 Å². The summed E-state index contributed by atoms with van der Waals surface area (Å²) in [6.45, 7) is 4.79. The van der Waals surface area contributed by atoms with Crippen LogP contribution in [0.3, 0.4) is 0 Å². The van der Waals surface area contributed by atoms with Gasteiger partial charge in [0.15, 0.2) is 0 Å². The number of rotatable bonds is 6. The maximum atomic E-state index is 2.47. The molecule has 0 bridgehead atoms. The van der Waals surface area contributed by atoms with Gasteiger partial charge in [0.25, 0.3) is 0 Å². The summed E-state index contributed by atoms with van der Waals surface area (Å²) in [5.74, 6) is 0. The van der Waals surface area contributed by atoms with Gasteiger partial charge in [0.2, 0.25) is 0 Å². The number of benzene rings is 8. The molecule has 2 heteroatoms. The van der Waals surface area contributed by atoms with Gasteiger partial charge in [0, 0.05) is 38.9 Å². The highest BCUT2D eigenvalue weighted by Crippen LogP contribution is 2.53. The smallest absolute Gasteiger partial charge is 0.0588 e. The molecule has 0 amide bonds. The van der Waals surface area contributed by atoms with E-state index in [2.05, 4.69) is 217 Å². The molecule has 0 fully saturated rings. The van der Waals surface area contributed by atoms with Crippen LogP contribution in [0.5, 0.6) is 0 Å². The Morgan fingerprint density at radius 3 is 1.91 bits per heavy atom. The molecule has 0 atom stereocenters. The van der Waals surface area contributed by atoms with Crippen molar-refractivity contribution in [1.82, 2.24) is 4.57 Å². The molecule has 1 aliphatic carbocycles. The van der Waals surface area contributed by atoms with E-state index >= 15 is 0 Å². The van der Waals surface area contributed by atoms with Crippen molar-refractivity contribution in [3.05, 3.63) is 204 Å². The van der Waals surface area contributed by atoms with Crippen molar-refractivity contribution in [2.45, 2.75) is 19.3 Å². The van der Waals surface area contributed by atoms with Gasteiger partial charge < -0.3 is 9.47 Å². The van der Waals surface area contributed by atoms with E-state index in [1.165, 1.54) is 66.1 Å². The molecule has 252 valence electrons. The molecule has 8 aromatic carbocycles. The first-order chi connectivity index (χ1) is 26.0. The Balaban J connectivity index is 0.999. The lowest BCUT2D eigenvalue weighted by atomic mass is 9.81. The summed E-state index contributed by atoms with van der Waals surface area (Å²) in [6.07, 6.45) is 4.48. The number of para-hydroxylation sites is 3. The van der Waals surface area contributed by atoms with Gasteiger partial charge in [-0.2, -0.15) is 0 Å². The molecule has 0 N–H and O–H groups in total. The largest absolute Gasteiger partial charge is 0.310 e. The molecular formula is C51H38N2. The van der Waals surface area contributed by atoms with Crippen LogP contribution in [0.25, 0.3) is 61.5 Å². The predicted molar refractivity (Wildman–Crippen MR) is 226 cm³/mol. The fraction of sp³-hybridized carbons (Fsp3) is 0.0588. The molecule has 0 radical (unpaired) electrons. The Hall–Kier alpha value is -6.64. The Kier molecular flexibility index (Phi) is 7.19. The van der Waals surface area contributed by atoms with Crippen LogP contribution >= 0.6 is 0 Å². The van der Waals surface area contributed by atoms with E-state index < -0.39 is 0 Å². The Bertz CT molecular complexity index is 2840. The fourth-order valence-electron chi connectivity index (χ4n) is 8.58. The summed E-state index contributed by atoms with van der Waals surface area (Å²) in [4.78, 5) is 2.33. The number of nitrogens with zero attached hydrogens (tertiary/aromatic N) is 2. The van der Waals surface area contributed by atoms with Crippen LogP contribution in [0, 0.1) is 0 Å². The highest BCUT2D eigenvalue weighted by Gasteiger charge is 2.38. The molecular weight excluding hydrogens is 641 g/mol. The molecule has 0 saturated carbocycles. The first-order valence-corrected chi connectivity index (χ1v) is 18.4. The SMILES string of the molecule is CC1(C)c2cc(/C=C/c3ccc(N(c4ccccc4)c4ccc5ccccc5c4)cc3)ccc2-c2ccc3c4ccccc4n(-c4ccccc4)c3c21. The normalized spacial score (nSPS) is 13.2. The molecule has 0 saturated heterocycles. The number of aromatic nitrogens is 1. The molecule has 1 aromatic heterocycles. The van der Waals surface area contributed by atoms with Gasteiger partial charge in [0.05, 0.1) is 11.0 Å². The number of hydrogen-bond acceptors (Lipinski definition) is 1. The maximum Gasteiger partial charge on any atom is 0.0588 e. The summed E-state index contributed by atoms with van der Waals surface area (Å²) in [7, 11) is 0. The molecule has 9 aromatic rings. The van der Waals surface area contributed by atoms with Gasteiger partial charge in [-0.25, -0.2) is 0 Å². The molecule has 0 unspecified atom stereocenters. The summed E-state index contributed by atoms with van der Waals surface area (Å²) in [6, 6.07) is 66.0. The quantitative estimate of drug-likeness (QED) is 0.159. The van der Waals surface area contributed by atoms with Crippen LogP contribution in [-0.4, -0.2) is 4.57 Å². The van der Waals surface area contributed by atoms with Crippen molar-refractivity contribution in [3.8, 4) is 16.8 Å². The summed E-state index contributed by atoms with van der Waals surface area (Å²) in [5, 5.41) is 5.07. The van der Waals surface area contributed by atoms with Crippen molar-refractivity contribution in [1.29, 1.82) is 0 Å². The minimum Gasteiger partial charge on any atom is -0.310 e. The summed E-state index contributed by atoms with van der Waals surface area (Å²) in [5.41, 5.74) is 14.8. The summed E-state index contributed by atoms with van der Waals surface area (Å²) < 4.78 is 2.47. The third-order valence-electron chi connectivity index (χ3n) is 11.1. The Morgan fingerprint density at radius 1 is 0.472 bits per heavy atom. The standard InChI is InChI=1S/C51H38N2/c1-51(2)47-33-36(25-30-43(47)45-31-32-46-44-19-11-12-20-48(44)53(50(46)49(45)51)40-17-7-4-8-18-40)22-21-35-23-27-41(28-24-35)52(39-15-5-3-6-16-39)42-29-26-37-13-9-10-14-38(37)34-42/h3-34H,1-2H3/b22-21+. The average Bonchev–Trinajstić information content (AvgIpc) is 3.66. The van der Waals surface area contributed by atoms with E-state index in [1.807, 2.05) is 0 Å². The molecule has 0 spiro atoms. The van der Waals surface area contributed by atoms with Crippen LogP contribution in [0.2, 0.25) is 0 Å². The highest BCUT2D eigenvalue weighted by molar-refractivity contribution is 6.13. The third kappa shape index (κ3) is 5.10. The average molecular weight is 679 g/mol. The van der Waals surface area contributed by atoms with Gasteiger partial charge in [-0.15, -0.1) is 0 Å². The maximum absolute atomic E-state index is 2.47. The zero-order valence-corrected chi connectivity index (χ0v) is 29.9. The fourth-order valence-corrected chi connectivity index (χ4v) is 8.58. The van der Waals surface area contributed by atoms with Crippen molar-refractivity contribution < 1.29 is 0 Å². The van der Waals surface area contributed by atoms with Crippen LogP contribution < -0.4 is 4.90 Å². The molecule has 1 heterocycles. The molecule has 53 heavy (non-hydrogen) atoms. The second kappa shape index (κ2) is 12.3. The zero-order chi connectivity index (χ0) is 35.5. The zero-order valence-electron chi connectivity index (χ0n) is 29.9. The van der Waals surface area contributed by atoms with Crippen LogP contribution in [-0.2, 0) is 5.41 Å². The first kappa shape index (κ1) is 31.1. The minimum absolute atomic E-state index is 0.180. The van der Waals surface area contributed by atoms with Crippen LogP contribution in [0.15, 0.2) is 182 Å². The second-order valence-electron chi connectivity index (χ2n) is 14.6. The second-order valence-corrected chi connectivity index (χ2v) is 14.6. The van der Waals surface area contributed by atoms with Gasteiger partial charge in [-0.1, -0.05) is 153 Å². The first-order valence-electron chi connectivity index (χ1n) is 18.4. The minimum atomic E-state index is -0.180. The third-order valence-corrected chi connectivity index (χ3v) is 11.1. The molecule has 0 aliphatic heterocycles. The van der Waals surface area contributed by atoms with Gasteiger partial charge in [-0.05, 0) is 98.8 Å². The van der Waals surface area contributed by atoms with E-state index in [0.29, 0.717) is 0 Å². The van der Waals surface area contributed by atoms with Gasteiger partial charge in [-0.3, -0.25) is 0 Å². The highest BCUT2D eigenvalue weighted by atomic mass is 15.1. The number of anilines is 3. The van der Waals surface area contributed by atoms with Gasteiger partial charge >= 0.3 is 0 Å². The van der Waals surface area contributed by atoms with Crippen molar-refractivity contribution in [2.24, 2.45) is 0 Å². The molecule has 10 rings (SSSR count). The van der Waals surface area contributed by atoms with Crippen molar-refractivity contribution >= 4 is 61.8 Å². The Labute approximate surface area is 310 Å². The van der Waals surface area contributed by atoms with Crippen molar-refractivity contribution in [2.75, 3.05) is 4.90 Å². The van der Waals surface area contributed by atoms with E-state index in [1.54, 1.807) is 0 Å². The van der Waals surface area contributed by atoms with Crippen LogP contribution in [0.4, 0.5) is 17.1 Å². The van der Waals surface area contributed by atoms with E-state index in [4.69, 9.17) is 0 Å². The lowest BCUT2D eigenvalue weighted by Crippen LogP contribution is -2.16. The monoisotopic (exact) mass is 678 g/mol. The van der Waals surface area contributed by atoms with Crippen LogP contribution in [0.1, 0.15) is 36.1 Å². The van der Waals surface area contributed by atoms with E-state index in [9.17, 15) is 0 Å². The van der Waals surface area contributed by atoms with Gasteiger partial charge in [0.1, 0.15) is 0 Å².